The molecule has 1 heterocycles. The maximum absolute atomic E-state index is 13.3. The average molecular weight is 257 g/mol. The molecule has 3 N–H and O–H groups in total. The van der Waals surface area contributed by atoms with Crippen LogP contribution in [0.25, 0.3) is 0 Å². The fourth-order valence-corrected chi connectivity index (χ4v) is 1.35. The molecule has 0 aliphatic rings. The lowest BCUT2D eigenvalue weighted by Crippen LogP contribution is -2.02. The molecule has 0 radical (unpaired) electrons. The molecule has 0 saturated carbocycles. The minimum absolute atomic E-state index is 0.00940. The predicted octanol–water partition coefficient (Wildman–Crippen LogP) is 2.73. The summed E-state index contributed by atoms with van der Waals surface area (Å²) in [6.45, 7) is 0. The largest absolute Gasteiger partial charge is 0.382 e. The molecule has 17 heavy (non-hydrogen) atoms. The molecule has 4 nitrogen and oxygen atoms in total. The van der Waals surface area contributed by atoms with Crippen molar-refractivity contribution in [1.29, 1.82) is 0 Å². The van der Waals surface area contributed by atoms with Crippen molar-refractivity contribution in [2.24, 2.45) is 0 Å². The van der Waals surface area contributed by atoms with Crippen molar-refractivity contribution >= 4 is 28.9 Å². The van der Waals surface area contributed by atoms with E-state index in [0.717, 1.165) is 18.5 Å². The van der Waals surface area contributed by atoms with E-state index in [1.807, 2.05) is 0 Å². The summed E-state index contributed by atoms with van der Waals surface area (Å²) in [7, 11) is 0. The molecule has 0 amide bonds. The first kappa shape index (κ1) is 11.5. The van der Waals surface area contributed by atoms with E-state index in [2.05, 4.69) is 15.3 Å². The first-order valence-electron chi connectivity index (χ1n) is 4.56. The minimum Gasteiger partial charge on any atom is -0.382 e. The Bertz CT molecular complexity index is 542. The van der Waals surface area contributed by atoms with Crippen LogP contribution in [0.1, 0.15) is 0 Å². The molecular formula is C10H7ClF2N4. The highest BCUT2D eigenvalue weighted by atomic mass is 35.5. The third-order valence-corrected chi connectivity index (χ3v) is 2.40. The summed E-state index contributed by atoms with van der Waals surface area (Å²) in [6, 6.07) is 3.49. The third-order valence-electron chi connectivity index (χ3n) is 2.02. The predicted molar refractivity (Wildman–Crippen MR) is 61.1 cm³/mol. The molecular weight excluding hydrogens is 250 g/mol. The van der Waals surface area contributed by atoms with Crippen molar-refractivity contribution in [2.45, 2.75) is 0 Å². The number of nitrogens with one attached hydrogen (secondary N) is 1. The van der Waals surface area contributed by atoms with Crippen LogP contribution in [-0.2, 0) is 0 Å². The fraction of sp³-hybridized carbons (Fsp3) is 0. The molecule has 0 fully saturated rings. The van der Waals surface area contributed by atoms with Gasteiger partial charge in [-0.15, -0.1) is 0 Å². The average Bonchev–Trinajstić information content (AvgIpc) is 2.29. The zero-order valence-electron chi connectivity index (χ0n) is 8.42. The number of para-hydroxylation sites is 1. The molecule has 0 aliphatic heterocycles. The zero-order chi connectivity index (χ0) is 12.4. The van der Waals surface area contributed by atoms with E-state index in [1.54, 1.807) is 0 Å². The molecule has 88 valence electrons. The summed E-state index contributed by atoms with van der Waals surface area (Å²) < 4.78 is 26.7. The van der Waals surface area contributed by atoms with Crippen LogP contribution in [-0.4, -0.2) is 9.97 Å². The van der Waals surface area contributed by atoms with Gasteiger partial charge in [-0.05, 0) is 12.1 Å². The maximum atomic E-state index is 13.3. The normalized spacial score (nSPS) is 10.3. The Hall–Kier alpha value is -1.95. The van der Waals surface area contributed by atoms with Gasteiger partial charge in [-0.3, -0.25) is 0 Å². The van der Waals surface area contributed by atoms with Crippen molar-refractivity contribution in [2.75, 3.05) is 11.1 Å². The van der Waals surface area contributed by atoms with Crippen molar-refractivity contribution < 1.29 is 8.78 Å². The van der Waals surface area contributed by atoms with Crippen molar-refractivity contribution in [1.82, 2.24) is 9.97 Å². The number of anilines is 3. The van der Waals surface area contributed by atoms with Crippen LogP contribution in [0.4, 0.5) is 26.1 Å². The van der Waals surface area contributed by atoms with Crippen LogP contribution >= 0.6 is 11.6 Å². The Labute approximate surface area is 100 Å². The second-order valence-electron chi connectivity index (χ2n) is 3.14. The monoisotopic (exact) mass is 256 g/mol. The molecule has 0 unspecified atom stereocenters. The third kappa shape index (κ3) is 2.26. The molecule has 2 rings (SSSR count). The highest BCUT2D eigenvalue weighted by Gasteiger charge is 2.12. The number of aromatic nitrogens is 2. The van der Waals surface area contributed by atoms with Crippen molar-refractivity contribution in [3.05, 3.63) is 41.2 Å². The highest BCUT2D eigenvalue weighted by Crippen LogP contribution is 2.28. The molecule has 7 heteroatoms. The van der Waals surface area contributed by atoms with Gasteiger partial charge in [0.1, 0.15) is 34.5 Å². The molecule has 0 atom stereocenters. The molecule has 0 spiro atoms. The molecule has 0 saturated heterocycles. The summed E-state index contributed by atoms with van der Waals surface area (Å²) >= 11 is 5.79. The fourth-order valence-electron chi connectivity index (χ4n) is 1.21. The minimum atomic E-state index is -0.752. The van der Waals surface area contributed by atoms with E-state index in [4.69, 9.17) is 17.3 Å². The number of nitrogens with zero attached hydrogens (tertiary/aromatic N) is 2. The Morgan fingerprint density at radius 1 is 1.18 bits per heavy atom. The summed E-state index contributed by atoms with van der Waals surface area (Å²) in [5, 5.41) is 2.45. The lowest BCUT2D eigenvalue weighted by atomic mass is 10.3. The number of nitrogens with two attached hydrogens (primary N) is 1. The Morgan fingerprint density at radius 3 is 2.47 bits per heavy atom. The van der Waals surface area contributed by atoms with E-state index in [1.165, 1.54) is 6.07 Å². The van der Waals surface area contributed by atoms with Gasteiger partial charge in [-0.2, -0.15) is 0 Å². The van der Waals surface area contributed by atoms with Gasteiger partial charge in [0.2, 0.25) is 0 Å². The molecule has 1 aromatic carbocycles. The number of halogens is 3. The van der Waals surface area contributed by atoms with Gasteiger partial charge in [0.05, 0.1) is 0 Å². The zero-order valence-corrected chi connectivity index (χ0v) is 9.17. The van der Waals surface area contributed by atoms with Crippen LogP contribution in [0, 0.1) is 11.6 Å². The van der Waals surface area contributed by atoms with Crippen LogP contribution < -0.4 is 11.1 Å². The van der Waals surface area contributed by atoms with Gasteiger partial charge in [-0.1, -0.05) is 17.7 Å². The number of benzene rings is 1. The molecule has 1 aromatic heterocycles. The Balaban J connectivity index is 2.42. The van der Waals surface area contributed by atoms with Gasteiger partial charge >= 0.3 is 0 Å². The molecule has 2 aromatic rings. The topological polar surface area (TPSA) is 63.8 Å². The summed E-state index contributed by atoms with van der Waals surface area (Å²) in [4.78, 5) is 7.38. The number of nitrogen functional groups attached to an aromatic ring is 1. The number of hydrogen-bond donors (Lipinski definition) is 2. The van der Waals surface area contributed by atoms with E-state index < -0.39 is 11.6 Å². The van der Waals surface area contributed by atoms with Gasteiger partial charge in [0, 0.05) is 0 Å². The van der Waals surface area contributed by atoms with E-state index >= 15 is 0 Å². The SMILES string of the molecule is Nc1ncnc(Nc2c(F)cccc2F)c1Cl. The van der Waals surface area contributed by atoms with Crippen LogP contribution in [0.2, 0.25) is 5.02 Å². The lowest BCUT2D eigenvalue weighted by molar-refractivity contribution is 0.590. The standard InChI is InChI=1S/C10H7ClF2N4/c11-7-9(14)15-4-16-10(7)17-8-5(12)2-1-3-6(8)13/h1-4H,(H3,14,15,16,17). The smallest absolute Gasteiger partial charge is 0.154 e. The van der Waals surface area contributed by atoms with E-state index in [0.29, 0.717) is 0 Å². The molecule has 0 bridgehead atoms. The second kappa shape index (κ2) is 4.50. The Kier molecular flexibility index (Phi) is 3.06. The highest BCUT2D eigenvalue weighted by molar-refractivity contribution is 6.35. The maximum Gasteiger partial charge on any atom is 0.154 e. The first-order chi connectivity index (χ1) is 8.09. The lowest BCUT2D eigenvalue weighted by Gasteiger charge is -2.09. The number of hydrogen-bond acceptors (Lipinski definition) is 4. The quantitative estimate of drug-likeness (QED) is 0.867. The second-order valence-corrected chi connectivity index (χ2v) is 3.52. The molecule has 0 aliphatic carbocycles. The summed E-state index contributed by atoms with van der Waals surface area (Å²) in [5.41, 5.74) is 5.10. The van der Waals surface area contributed by atoms with Gasteiger partial charge < -0.3 is 11.1 Å². The first-order valence-corrected chi connectivity index (χ1v) is 4.94. The van der Waals surface area contributed by atoms with E-state index in [-0.39, 0.29) is 22.3 Å². The van der Waals surface area contributed by atoms with Crippen LogP contribution in [0.5, 0.6) is 0 Å². The van der Waals surface area contributed by atoms with Crippen LogP contribution in [0.15, 0.2) is 24.5 Å². The van der Waals surface area contributed by atoms with Gasteiger partial charge in [0.15, 0.2) is 5.82 Å². The summed E-state index contributed by atoms with van der Waals surface area (Å²) in [5.74, 6) is -1.43. The van der Waals surface area contributed by atoms with E-state index in [9.17, 15) is 8.78 Å². The van der Waals surface area contributed by atoms with Gasteiger partial charge in [0.25, 0.3) is 0 Å². The van der Waals surface area contributed by atoms with Crippen molar-refractivity contribution in [3.63, 3.8) is 0 Å². The summed E-state index contributed by atoms with van der Waals surface area (Å²) in [6.07, 6.45) is 1.14. The van der Waals surface area contributed by atoms with Crippen LogP contribution in [0.3, 0.4) is 0 Å². The number of rotatable bonds is 2. The van der Waals surface area contributed by atoms with Crippen molar-refractivity contribution in [3.8, 4) is 0 Å². The Morgan fingerprint density at radius 2 is 1.82 bits per heavy atom. The van der Waals surface area contributed by atoms with Gasteiger partial charge in [-0.25, -0.2) is 18.7 Å².